The zero-order valence-corrected chi connectivity index (χ0v) is 19.3. The molecule has 0 unspecified atom stereocenters. The van der Waals surface area contributed by atoms with E-state index in [1.165, 1.54) is 6.07 Å². The van der Waals surface area contributed by atoms with Crippen molar-refractivity contribution in [2.24, 2.45) is 5.92 Å². The van der Waals surface area contributed by atoms with E-state index in [0.29, 0.717) is 44.1 Å². The third-order valence-electron chi connectivity index (χ3n) is 5.69. The van der Waals surface area contributed by atoms with Gasteiger partial charge in [0.15, 0.2) is 5.16 Å². The highest BCUT2D eigenvalue weighted by Gasteiger charge is 2.28. The molecule has 0 bridgehead atoms. The van der Waals surface area contributed by atoms with Crippen molar-refractivity contribution in [3.05, 3.63) is 64.5 Å². The molecule has 0 saturated carbocycles. The second kappa shape index (κ2) is 10.3. The Bertz CT molecular complexity index is 1290. The van der Waals surface area contributed by atoms with E-state index in [1.807, 2.05) is 0 Å². The highest BCUT2D eigenvalue weighted by Crippen LogP contribution is 2.25. The lowest BCUT2D eigenvalue weighted by atomic mass is 9.97. The van der Waals surface area contributed by atoms with Gasteiger partial charge in [0, 0.05) is 19.2 Å². The smallest absolute Gasteiger partial charge is 0.309 e. The molecular formula is C24H23F2N3O4S. The number of likely N-dealkylation sites (tertiary alicyclic amines) is 1. The SMILES string of the molecule is CCOC(=O)C1CCN(C(=O)CSc2nc3ccccc3c(=O)n2-c2ccc(F)cc2F)CC1. The minimum atomic E-state index is -0.909. The average molecular weight is 488 g/mol. The Balaban J connectivity index is 1.57. The Labute approximate surface area is 198 Å². The molecule has 3 aromatic rings. The molecular weight excluding hydrogens is 464 g/mol. The number of benzene rings is 2. The first-order chi connectivity index (χ1) is 16.4. The number of amides is 1. The molecule has 0 spiro atoms. The summed E-state index contributed by atoms with van der Waals surface area (Å²) in [6.07, 6.45) is 1.05. The van der Waals surface area contributed by atoms with Crippen LogP contribution in [-0.2, 0) is 14.3 Å². The Morgan fingerprint density at radius 3 is 2.59 bits per heavy atom. The van der Waals surface area contributed by atoms with Crippen LogP contribution in [0.1, 0.15) is 19.8 Å². The first-order valence-electron chi connectivity index (χ1n) is 10.9. The molecule has 1 aliphatic heterocycles. The number of hydrogen-bond acceptors (Lipinski definition) is 6. The minimum absolute atomic E-state index is 0.0301. The summed E-state index contributed by atoms with van der Waals surface area (Å²) < 4.78 is 34.2. The average Bonchev–Trinajstić information content (AvgIpc) is 2.83. The van der Waals surface area contributed by atoms with Crippen molar-refractivity contribution in [2.45, 2.75) is 24.9 Å². The predicted octanol–water partition coefficient (Wildman–Crippen LogP) is 3.56. The molecule has 1 saturated heterocycles. The largest absolute Gasteiger partial charge is 0.466 e. The van der Waals surface area contributed by atoms with E-state index in [4.69, 9.17) is 4.74 Å². The second-order valence-corrected chi connectivity index (χ2v) is 8.79. The summed E-state index contributed by atoms with van der Waals surface area (Å²) in [4.78, 5) is 44.1. The van der Waals surface area contributed by atoms with E-state index in [0.717, 1.165) is 22.4 Å². The van der Waals surface area contributed by atoms with Gasteiger partial charge in [-0.05, 0) is 44.0 Å². The van der Waals surface area contributed by atoms with Crippen LogP contribution in [0.2, 0.25) is 0 Å². The van der Waals surface area contributed by atoms with Crippen LogP contribution in [0.25, 0.3) is 16.6 Å². The molecule has 4 rings (SSSR count). The Kier molecular flexibility index (Phi) is 7.26. The molecule has 2 aromatic carbocycles. The lowest BCUT2D eigenvalue weighted by Crippen LogP contribution is -2.41. The number of thioether (sulfide) groups is 1. The lowest BCUT2D eigenvalue weighted by Gasteiger charge is -2.30. The van der Waals surface area contributed by atoms with E-state index in [9.17, 15) is 23.2 Å². The zero-order chi connectivity index (χ0) is 24.2. The predicted molar refractivity (Wildman–Crippen MR) is 124 cm³/mol. The van der Waals surface area contributed by atoms with Gasteiger partial charge in [0.05, 0.1) is 34.9 Å². The van der Waals surface area contributed by atoms with Gasteiger partial charge in [0.2, 0.25) is 5.91 Å². The monoisotopic (exact) mass is 487 g/mol. The summed E-state index contributed by atoms with van der Waals surface area (Å²) >= 11 is 1.01. The van der Waals surface area contributed by atoms with Gasteiger partial charge in [-0.1, -0.05) is 23.9 Å². The third-order valence-corrected chi connectivity index (χ3v) is 6.61. The van der Waals surface area contributed by atoms with E-state index < -0.39 is 17.2 Å². The van der Waals surface area contributed by atoms with E-state index >= 15 is 0 Å². The summed E-state index contributed by atoms with van der Waals surface area (Å²) in [6.45, 7) is 2.93. The maximum atomic E-state index is 14.6. The summed E-state index contributed by atoms with van der Waals surface area (Å²) in [7, 11) is 0. The first-order valence-corrected chi connectivity index (χ1v) is 11.9. The van der Waals surface area contributed by atoms with Crippen molar-refractivity contribution in [1.29, 1.82) is 0 Å². The second-order valence-electron chi connectivity index (χ2n) is 7.84. The highest BCUT2D eigenvalue weighted by atomic mass is 32.2. The van der Waals surface area contributed by atoms with Crippen molar-refractivity contribution in [3.63, 3.8) is 0 Å². The third kappa shape index (κ3) is 4.96. The summed E-state index contributed by atoms with van der Waals surface area (Å²) in [5, 5.41) is 0.409. The van der Waals surface area contributed by atoms with Crippen molar-refractivity contribution in [3.8, 4) is 5.69 Å². The van der Waals surface area contributed by atoms with E-state index in [2.05, 4.69) is 4.98 Å². The molecule has 1 amide bonds. The number of esters is 1. The summed E-state index contributed by atoms with van der Waals surface area (Å²) in [6, 6.07) is 9.58. The van der Waals surface area contributed by atoms with Crippen molar-refractivity contribution < 1.29 is 23.1 Å². The van der Waals surface area contributed by atoms with Gasteiger partial charge in [-0.2, -0.15) is 0 Å². The number of carbonyl (C=O) groups excluding carboxylic acids is 2. The Morgan fingerprint density at radius 2 is 1.88 bits per heavy atom. The topological polar surface area (TPSA) is 81.5 Å². The van der Waals surface area contributed by atoms with Crippen LogP contribution in [0.15, 0.2) is 52.4 Å². The number of rotatable bonds is 6. The molecule has 178 valence electrons. The molecule has 7 nitrogen and oxygen atoms in total. The summed E-state index contributed by atoms with van der Waals surface area (Å²) in [5.41, 5.74) is -0.243. The molecule has 1 fully saturated rings. The van der Waals surface area contributed by atoms with Crippen molar-refractivity contribution in [1.82, 2.24) is 14.5 Å². The normalized spacial score (nSPS) is 14.4. The molecule has 10 heteroatoms. The first kappa shape index (κ1) is 23.9. The maximum Gasteiger partial charge on any atom is 0.309 e. The van der Waals surface area contributed by atoms with Crippen LogP contribution in [0.3, 0.4) is 0 Å². The number of fused-ring (bicyclic) bond motifs is 1. The molecule has 0 radical (unpaired) electrons. The zero-order valence-electron chi connectivity index (χ0n) is 18.5. The van der Waals surface area contributed by atoms with Crippen LogP contribution >= 0.6 is 11.8 Å². The fourth-order valence-electron chi connectivity index (χ4n) is 3.93. The number of carbonyl (C=O) groups is 2. The van der Waals surface area contributed by atoms with Crippen LogP contribution in [0.4, 0.5) is 8.78 Å². The summed E-state index contributed by atoms with van der Waals surface area (Å²) in [5.74, 6) is -2.34. The van der Waals surface area contributed by atoms with Gasteiger partial charge in [-0.15, -0.1) is 0 Å². The molecule has 1 aliphatic rings. The number of nitrogens with zero attached hydrogens (tertiary/aromatic N) is 3. The highest BCUT2D eigenvalue weighted by molar-refractivity contribution is 7.99. The molecule has 0 atom stereocenters. The molecule has 34 heavy (non-hydrogen) atoms. The van der Waals surface area contributed by atoms with Gasteiger partial charge >= 0.3 is 5.97 Å². The van der Waals surface area contributed by atoms with Gasteiger partial charge < -0.3 is 9.64 Å². The Hall–Kier alpha value is -3.27. The van der Waals surface area contributed by atoms with Gasteiger partial charge in [0.25, 0.3) is 5.56 Å². The maximum absolute atomic E-state index is 14.6. The van der Waals surface area contributed by atoms with Gasteiger partial charge in [-0.25, -0.2) is 13.8 Å². The van der Waals surface area contributed by atoms with E-state index in [1.54, 1.807) is 36.1 Å². The Morgan fingerprint density at radius 1 is 1.15 bits per heavy atom. The van der Waals surface area contributed by atoms with Crippen LogP contribution in [0.5, 0.6) is 0 Å². The molecule has 0 N–H and O–H groups in total. The number of piperidine rings is 1. The van der Waals surface area contributed by atoms with Gasteiger partial charge in [0.1, 0.15) is 11.6 Å². The van der Waals surface area contributed by atoms with Crippen LogP contribution in [0, 0.1) is 17.6 Å². The van der Waals surface area contributed by atoms with Gasteiger partial charge in [-0.3, -0.25) is 19.0 Å². The number of para-hydroxylation sites is 1. The number of halogens is 2. The molecule has 2 heterocycles. The fraction of sp³-hybridized carbons (Fsp3) is 0.333. The number of hydrogen-bond donors (Lipinski definition) is 0. The number of ether oxygens (including phenoxy) is 1. The fourth-order valence-corrected chi connectivity index (χ4v) is 4.83. The molecule has 0 aliphatic carbocycles. The van der Waals surface area contributed by atoms with Crippen LogP contribution < -0.4 is 5.56 Å². The van der Waals surface area contributed by atoms with E-state index in [-0.39, 0.29) is 39.8 Å². The molecule has 1 aromatic heterocycles. The standard InChI is InChI=1S/C24H23F2N3O4S/c1-2-33-23(32)15-9-11-28(12-10-15)21(30)14-34-24-27-19-6-4-3-5-17(19)22(31)29(24)20-8-7-16(25)13-18(20)26/h3-8,13,15H,2,9-12,14H2,1H3. The minimum Gasteiger partial charge on any atom is -0.466 e. The van der Waals surface area contributed by atoms with Crippen molar-refractivity contribution >= 4 is 34.5 Å². The van der Waals surface area contributed by atoms with Crippen LogP contribution in [-0.4, -0.2) is 51.8 Å². The van der Waals surface area contributed by atoms with Crippen molar-refractivity contribution in [2.75, 3.05) is 25.4 Å². The quantitative estimate of drug-likeness (QED) is 0.301. The lowest BCUT2D eigenvalue weighted by molar-refractivity contribution is -0.151. The number of aromatic nitrogens is 2.